The fraction of sp³-hybridized carbons (Fsp3) is 0.212. The number of thiophene rings is 1. The van der Waals surface area contributed by atoms with Crippen molar-refractivity contribution in [3.63, 3.8) is 0 Å². The van der Waals surface area contributed by atoms with E-state index in [1.165, 1.54) is 27.9 Å². The van der Waals surface area contributed by atoms with Gasteiger partial charge >= 0.3 is 0 Å². The van der Waals surface area contributed by atoms with E-state index in [0.717, 1.165) is 18.0 Å². The Morgan fingerprint density at radius 1 is 0.974 bits per heavy atom. The highest BCUT2D eigenvalue weighted by Gasteiger charge is 2.47. The van der Waals surface area contributed by atoms with E-state index in [4.69, 9.17) is 0 Å². The second-order valence-electron chi connectivity index (χ2n) is 10.00. The largest absolute Gasteiger partial charge is 0.358 e. The molecule has 0 N–H and O–H groups in total. The molecule has 0 bridgehead atoms. The first-order chi connectivity index (χ1) is 18.6. The predicted molar refractivity (Wildman–Crippen MR) is 156 cm³/mol. The van der Waals surface area contributed by atoms with Crippen molar-refractivity contribution in [1.29, 1.82) is 0 Å². The summed E-state index contributed by atoms with van der Waals surface area (Å²) in [6.07, 6.45) is 4.81. The molecule has 5 heteroatoms. The van der Waals surface area contributed by atoms with Crippen molar-refractivity contribution in [2.24, 2.45) is 0 Å². The number of anilines is 1. The average molecular weight is 518 g/mol. The number of benzene rings is 3. The molecule has 0 aliphatic carbocycles. The predicted octanol–water partition coefficient (Wildman–Crippen LogP) is 7.77. The third-order valence-corrected chi connectivity index (χ3v) is 8.67. The number of Topliss-reactive ketones (excluding diaryl/α,β-unsaturated/α-hetero) is 1. The summed E-state index contributed by atoms with van der Waals surface area (Å²) < 4.78 is 1.92. The molecule has 1 atom stereocenters. The van der Waals surface area contributed by atoms with Gasteiger partial charge in [-0.2, -0.15) is 0 Å². The summed E-state index contributed by atoms with van der Waals surface area (Å²) >= 11 is 1.61. The van der Waals surface area contributed by atoms with Crippen molar-refractivity contribution in [3.05, 3.63) is 137 Å². The zero-order valence-corrected chi connectivity index (χ0v) is 22.6. The van der Waals surface area contributed by atoms with Crippen LogP contribution in [0.25, 0.3) is 5.00 Å². The van der Waals surface area contributed by atoms with E-state index >= 15 is 0 Å². The quantitative estimate of drug-likeness (QED) is 0.207. The second kappa shape index (κ2) is 10.1. The first-order valence-electron chi connectivity index (χ1n) is 13.2. The standard InChI is InChI=1S/C33H31N3OS/c1-3-36-29-21-24(2)16-17-28(29)25(22-30(37)32-34-18-19-35(32)31-15-10-20-38-31)23-33(36,26-11-6-4-7-12-26)27-13-8-5-9-14-27/h4-21,25H,3,22-23H2,1-2H3/t25-/m0/s1. The number of aryl methyl sites for hydroxylation is 1. The van der Waals surface area contributed by atoms with Gasteiger partial charge < -0.3 is 4.90 Å². The molecule has 5 aromatic rings. The van der Waals surface area contributed by atoms with E-state index in [9.17, 15) is 4.79 Å². The molecular weight excluding hydrogens is 486 g/mol. The first kappa shape index (κ1) is 24.4. The monoisotopic (exact) mass is 517 g/mol. The van der Waals surface area contributed by atoms with Gasteiger partial charge in [-0.15, -0.1) is 11.3 Å². The minimum absolute atomic E-state index is 0.0368. The van der Waals surface area contributed by atoms with Crippen LogP contribution in [-0.4, -0.2) is 21.9 Å². The van der Waals surface area contributed by atoms with E-state index in [-0.39, 0.29) is 11.7 Å². The molecule has 0 unspecified atom stereocenters. The molecule has 1 aliphatic heterocycles. The van der Waals surface area contributed by atoms with Crippen LogP contribution in [-0.2, 0) is 5.54 Å². The molecule has 0 spiro atoms. The number of fused-ring (bicyclic) bond motifs is 1. The fourth-order valence-corrected chi connectivity index (χ4v) is 6.90. The zero-order valence-electron chi connectivity index (χ0n) is 21.7. The number of rotatable bonds is 7. The first-order valence-corrected chi connectivity index (χ1v) is 14.1. The molecule has 3 heterocycles. The van der Waals surface area contributed by atoms with Gasteiger partial charge in [0, 0.05) is 31.0 Å². The van der Waals surface area contributed by atoms with Gasteiger partial charge in [0.1, 0.15) is 5.00 Å². The van der Waals surface area contributed by atoms with Gasteiger partial charge in [0.15, 0.2) is 11.6 Å². The molecule has 0 amide bonds. The number of nitrogens with zero attached hydrogens (tertiary/aromatic N) is 3. The van der Waals surface area contributed by atoms with E-state index in [0.29, 0.717) is 12.2 Å². The topological polar surface area (TPSA) is 38.1 Å². The highest BCUT2D eigenvalue weighted by atomic mass is 32.1. The van der Waals surface area contributed by atoms with Crippen LogP contribution >= 0.6 is 11.3 Å². The maximum absolute atomic E-state index is 13.9. The molecule has 4 nitrogen and oxygen atoms in total. The van der Waals surface area contributed by atoms with Gasteiger partial charge in [0.2, 0.25) is 0 Å². The molecule has 0 saturated heterocycles. The van der Waals surface area contributed by atoms with Crippen LogP contribution in [0, 0.1) is 6.92 Å². The Labute approximate surface area is 228 Å². The summed E-state index contributed by atoms with van der Waals surface area (Å²) in [5.74, 6) is 0.610. The van der Waals surface area contributed by atoms with E-state index < -0.39 is 5.54 Å². The number of aromatic nitrogens is 2. The van der Waals surface area contributed by atoms with Gasteiger partial charge in [-0.05, 0) is 72.0 Å². The van der Waals surface area contributed by atoms with Gasteiger partial charge in [0.05, 0.1) is 5.54 Å². The number of ketones is 1. The third kappa shape index (κ3) is 4.07. The Morgan fingerprint density at radius 3 is 2.32 bits per heavy atom. The van der Waals surface area contributed by atoms with Crippen LogP contribution in [0.3, 0.4) is 0 Å². The van der Waals surface area contributed by atoms with Gasteiger partial charge in [-0.3, -0.25) is 9.36 Å². The Balaban J connectivity index is 1.50. The van der Waals surface area contributed by atoms with E-state index in [2.05, 4.69) is 103 Å². The van der Waals surface area contributed by atoms with Crippen molar-refractivity contribution in [2.45, 2.75) is 38.1 Å². The van der Waals surface area contributed by atoms with Gasteiger partial charge in [-0.1, -0.05) is 72.8 Å². The van der Waals surface area contributed by atoms with Crippen LogP contribution < -0.4 is 4.90 Å². The van der Waals surface area contributed by atoms with Crippen molar-refractivity contribution in [1.82, 2.24) is 9.55 Å². The molecule has 38 heavy (non-hydrogen) atoms. The molecule has 6 rings (SSSR count). The lowest BCUT2D eigenvalue weighted by Crippen LogP contribution is -2.51. The Morgan fingerprint density at radius 2 is 1.68 bits per heavy atom. The van der Waals surface area contributed by atoms with Gasteiger partial charge in [0.25, 0.3) is 0 Å². The molecule has 0 fully saturated rings. The number of hydrogen-bond acceptors (Lipinski definition) is 4. The van der Waals surface area contributed by atoms with Crippen molar-refractivity contribution < 1.29 is 4.79 Å². The van der Waals surface area contributed by atoms with Crippen molar-refractivity contribution in [3.8, 4) is 5.00 Å². The average Bonchev–Trinajstić information content (AvgIpc) is 3.66. The zero-order chi connectivity index (χ0) is 26.1. The lowest BCUT2D eigenvalue weighted by atomic mass is 9.68. The molecule has 1 aliphatic rings. The maximum Gasteiger partial charge on any atom is 0.199 e. The Kier molecular flexibility index (Phi) is 6.46. The second-order valence-corrected chi connectivity index (χ2v) is 10.9. The number of hydrogen-bond donors (Lipinski definition) is 0. The van der Waals surface area contributed by atoms with Crippen LogP contribution in [0.15, 0.2) is 109 Å². The van der Waals surface area contributed by atoms with E-state index in [1.807, 2.05) is 28.3 Å². The molecule has 0 radical (unpaired) electrons. The lowest BCUT2D eigenvalue weighted by Gasteiger charge is -2.52. The van der Waals surface area contributed by atoms with Crippen LogP contribution in [0.5, 0.6) is 0 Å². The summed E-state index contributed by atoms with van der Waals surface area (Å²) in [5, 5.41) is 3.03. The third-order valence-electron chi connectivity index (χ3n) is 7.80. The minimum atomic E-state index is -0.397. The van der Waals surface area contributed by atoms with Crippen molar-refractivity contribution >= 4 is 22.8 Å². The van der Waals surface area contributed by atoms with Crippen LogP contribution in [0.1, 0.15) is 58.6 Å². The summed E-state index contributed by atoms with van der Waals surface area (Å²) in [4.78, 5) is 21.0. The molecular formula is C33H31N3OS. The molecule has 190 valence electrons. The Hall–Kier alpha value is -3.96. The number of carbonyl (C=O) groups is 1. The summed E-state index contributed by atoms with van der Waals surface area (Å²) in [6.45, 7) is 5.23. The van der Waals surface area contributed by atoms with Crippen LogP contribution in [0.2, 0.25) is 0 Å². The summed E-state index contributed by atoms with van der Waals surface area (Å²) in [5.41, 5.74) is 5.77. The molecule has 2 aromatic heterocycles. The normalized spacial score (nSPS) is 16.3. The SMILES string of the molecule is CCN1c2cc(C)ccc2[C@@H](CC(=O)c2nccn2-c2cccs2)CC1(c1ccccc1)c1ccccc1. The van der Waals surface area contributed by atoms with Crippen LogP contribution in [0.4, 0.5) is 5.69 Å². The smallest absolute Gasteiger partial charge is 0.199 e. The van der Waals surface area contributed by atoms with E-state index in [1.54, 1.807) is 17.5 Å². The Bertz CT molecular complexity index is 1500. The summed E-state index contributed by atoms with van der Waals surface area (Å²) in [6, 6.07) is 32.3. The lowest BCUT2D eigenvalue weighted by molar-refractivity contribution is 0.0956. The van der Waals surface area contributed by atoms with Crippen molar-refractivity contribution in [2.75, 3.05) is 11.4 Å². The maximum atomic E-state index is 13.9. The highest BCUT2D eigenvalue weighted by molar-refractivity contribution is 7.12. The highest BCUT2D eigenvalue weighted by Crippen LogP contribution is 2.53. The fourth-order valence-electron chi connectivity index (χ4n) is 6.19. The van der Waals surface area contributed by atoms with Gasteiger partial charge in [-0.25, -0.2) is 4.98 Å². The summed E-state index contributed by atoms with van der Waals surface area (Å²) in [7, 11) is 0. The minimum Gasteiger partial charge on any atom is -0.358 e. The number of carbonyl (C=O) groups excluding carboxylic acids is 1. The molecule has 3 aromatic carbocycles. The number of imidazole rings is 1. The molecule has 0 saturated carbocycles.